The number of rotatable bonds is 6. The minimum Gasteiger partial charge on any atom is -0.508 e. The molecule has 9 nitrogen and oxygen atoms in total. The number of carbonyl (C=O) groups is 2. The standard InChI is InChI=1S/C22H20N4O5/c1-13(15-3-7-17(27)8-4-15)23-25-21(29)19-11-12-20(31-19)22(30)26-24-14(2)16-5-9-18(28)10-6-16/h3-12,27-28H,1-2H3,(H,25,29)(H,26,30)/b23-13-,24-14-. The van der Waals surface area contributed by atoms with Gasteiger partial charge in [-0.3, -0.25) is 9.59 Å². The van der Waals surface area contributed by atoms with E-state index in [-0.39, 0.29) is 23.0 Å². The molecule has 0 aliphatic carbocycles. The van der Waals surface area contributed by atoms with Crippen molar-refractivity contribution in [1.29, 1.82) is 0 Å². The van der Waals surface area contributed by atoms with Crippen LogP contribution in [0.4, 0.5) is 0 Å². The molecule has 0 radical (unpaired) electrons. The quantitative estimate of drug-likeness (QED) is 0.359. The fourth-order valence-electron chi connectivity index (χ4n) is 2.50. The maximum absolute atomic E-state index is 12.2. The van der Waals surface area contributed by atoms with E-state index in [1.54, 1.807) is 38.1 Å². The van der Waals surface area contributed by atoms with Crippen LogP contribution in [0.5, 0.6) is 11.5 Å². The topological polar surface area (TPSA) is 137 Å². The summed E-state index contributed by atoms with van der Waals surface area (Å²) in [6.45, 7) is 3.39. The van der Waals surface area contributed by atoms with Gasteiger partial charge in [-0.15, -0.1) is 0 Å². The molecule has 31 heavy (non-hydrogen) atoms. The summed E-state index contributed by atoms with van der Waals surface area (Å²) in [6, 6.07) is 15.4. The van der Waals surface area contributed by atoms with Gasteiger partial charge in [0.2, 0.25) is 0 Å². The third-order valence-electron chi connectivity index (χ3n) is 4.27. The number of hydrogen-bond donors (Lipinski definition) is 4. The zero-order valence-electron chi connectivity index (χ0n) is 16.8. The molecule has 1 heterocycles. The molecule has 158 valence electrons. The molecule has 0 bridgehead atoms. The Balaban J connectivity index is 1.60. The second-order valence-corrected chi connectivity index (χ2v) is 6.53. The van der Waals surface area contributed by atoms with Crippen molar-refractivity contribution in [3.05, 3.63) is 83.3 Å². The van der Waals surface area contributed by atoms with E-state index in [9.17, 15) is 19.8 Å². The van der Waals surface area contributed by atoms with Crippen LogP contribution in [0.25, 0.3) is 0 Å². The van der Waals surface area contributed by atoms with Crippen molar-refractivity contribution in [1.82, 2.24) is 10.9 Å². The number of amides is 2. The Morgan fingerprint density at radius 1 is 0.677 bits per heavy atom. The molecule has 3 aromatic rings. The predicted molar refractivity (Wildman–Crippen MR) is 114 cm³/mol. The Kier molecular flexibility index (Phi) is 6.46. The lowest BCUT2D eigenvalue weighted by Crippen LogP contribution is -2.20. The van der Waals surface area contributed by atoms with Crippen LogP contribution >= 0.6 is 0 Å². The SMILES string of the molecule is C/C(=N/NC(=O)c1ccc(C(=O)N/N=C(/C)c2ccc(O)cc2)o1)c1ccc(O)cc1. The largest absolute Gasteiger partial charge is 0.508 e. The molecule has 0 spiro atoms. The lowest BCUT2D eigenvalue weighted by molar-refractivity contribution is 0.0902. The first-order chi connectivity index (χ1) is 14.8. The number of furan rings is 1. The first-order valence-corrected chi connectivity index (χ1v) is 9.21. The summed E-state index contributed by atoms with van der Waals surface area (Å²) in [6.07, 6.45) is 0. The molecule has 0 unspecified atom stereocenters. The van der Waals surface area contributed by atoms with Crippen molar-refractivity contribution in [3.8, 4) is 11.5 Å². The Labute approximate surface area is 177 Å². The van der Waals surface area contributed by atoms with Crippen molar-refractivity contribution in [2.75, 3.05) is 0 Å². The molecule has 0 aliphatic heterocycles. The number of hydrogen-bond acceptors (Lipinski definition) is 7. The monoisotopic (exact) mass is 420 g/mol. The smallest absolute Gasteiger partial charge is 0.307 e. The normalized spacial score (nSPS) is 11.8. The highest BCUT2D eigenvalue weighted by atomic mass is 16.4. The number of benzene rings is 2. The van der Waals surface area contributed by atoms with Gasteiger partial charge in [0.1, 0.15) is 11.5 Å². The molecule has 0 saturated carbocycles. The maximum atomic E-state index is 12.2. The molecule has 2 aromatic carbocycles. The summed E-state index contributed by atoms with van der Waals surface area (Å²) in [4.78, 5) is 24.4. The van der Waals surface area contributed by atoms with Crippen molar-refractivity contribution in [3.63, 3.8) is 0 Å². The Hall–Kier alpha value is -4.40. The van der Waals surface area contributed by atoms with Gasteiger partial charge in [0.05, 0.1) is 11.4 Å². The summed E-state index contributed by atoms with van der Waals surface area (Å²) in [5, 5.41) is 26.6. The highest BCUT2D eigenvalue weighted by molar-refractivity contribution is 6.02. The van der Waals surface area contributed by atoms with E-state index in [0.717, 1.165) is 11.1 Å². The van der Waals surface area contributed by atoms with Gasteiger partial charge in [-0.2, -0.15) is 10.2 Å². The molecule has 2 amide bonds. The Morgan fingerprint density at radius 2 is 1.03 bits per heavy atom. The molecular formula is C22H20N4O5. The van der Waals surface area contributed by atoms with Crippen LogP contribution in [-0.4, -0.2) is 33.5 Å². The zero-order chi connectivity index (χ0) is 22.4. The van der Waals surface area contributed by atoms with Gasteiger partial charge in [-0.05, 0) is 85.6 Å². The van der Waals surface area contributed by atoms with Crippen LogP contribution in [-0.2, 0) is 0 Å². The molecule has 1 aromatic heterocycles. The molecule has 3 rings (SSSR count). The van der Waals surface area contributed by atoms with Crippen molar-refractivity contribution in [2.45, 2.75) is 13.8 Å². The van der Waals surface area contributed by atoms with Gasteiger partial charge in [0.15, 0.2) is 11.5 Å². The van der Waals surface area contributed by atoms with Crippen LogP contribution in [0, 0.1) is 0 Å². The van der Waals surface area contributed by atoms with E-state index in [0.29, 0.717) is 11.4 Å². The molecule has 0 atom stereocenters. The van der Waals surface area contributed by atoms with Crippen LogP contribution in [0.2, 0.25) is 0 Å². The van der Waals surface area contributed by atoms with E-state index >= 15 is 0 Å². The first-order valence-electron chi connectivity index (χ1n) is 9.21. The predicted octanol–water partition coefficient (Wildman–Crippen LogP) is 3.00. The molecule has 0 aliphatic rings. The summed E-state index contributed by atoms with van der Waals surface area (Å²) in [5.74, 6) is -1.17. The van der Waals surface area contributed by atoms with E-state index in [4.69, 9.17) is 4.42 Å². The van der Waals surface area contributed by atoms with Gasteiger partial charge in [-0.1, -0.05) is 0 Å². The van der Waals surface area contributed by atoms with Crippen LogP contribution < -0.4 is 10.9 Å². The number of aromatic hydroxyl groups is 2. The van der Waals surface area contributed by atoms with Crippen molar-refractivity contribution < 1.29 is 24.2 Å². The average Bonchev–Trinajstić information content (AvgIpc) is 3.27. The number of carbonyl (C=O) groups excluding carboxylic acids is 2. The van der Waals surface area contributed by atoms with E-state index in [2.05, 4.69) is 21.1 Å². The molecule has 4 N–H and O–H groups in total. The van der Waals surface area contributed by atoms with Gasteiger partial charge >= 0.3 is 11.8 Å². The van der Waals surface area contributed by atoms with Crippen LogP contribution in [0.1, 0.15) is 46.1 Å². The third-order valence-corrected chi connectivity index (χ3v) is 4.27. The van der Waals surface area contributed by atoms with Gasteiger partial charge < -0.3 is 14.6 Å². The van der Waals surface area contributed by atoms with Gasteiger partial charge in [0, 0.05) is 0 Å². The van der Waals surface area contributed by atoms with Gasteiger partial charge in [-0.25, -0.2) is 10.9 Å². The minimum absolute atomic E-state index is 0.0911. The fourth-order valence-corrected chi connectivity index (χ4v) is 2.50. The third kappa shape index (κ3) is 5.57. The lowest BCUT2D eigenvalue weighted by Gasteiger charge is -2.02. The van der Waals surface area contributed by atoms with Crippen molar-refractivity contribution in [2.24, 2.45) is 10.2 Å². The fraction of sp³-hybridized carbons (Fsp3) is 0.0909. The molecule has 0 fully saturated rings. The highest BCUT2D eigenvalue weighted by Gasteiger charge is 2.15. The number of phenolic OH excluding ortho intramolecular Hbond substituents is 2. The Bertz CT molecular complexity index is 1060. The summed E-state index contributed by atoms with van der Waals surface area (Å²) in [7, 11) is 0. The van der Waals surface area contributed by atoms with E-state index in [1.807, 2.05) is 0 Å². The number of phenols is 2. The average molecular weight is 420 g/mol. The van der Waals surface area contributed by atoms with E-state index < -0.39 is 11.8 Å². The Morgan fingerprint density at radius 3 is 1.39 bits per heavy atom. The van der Waals surface area contributed by atoms with E-state index in [1.165, 1.54) is 36.4 Å². The number of nitrogens with one attached hydrogen (secondary N) is 2. The summed E-state index contributed by atoms with van der Waals surface area (Å²) in [5.41, 5.74) is 7.20. The molecule has 9 heteroatoms. The first kappa shape index (κ1) is 21.3. The summed E-state index contributed by atoms with van der Waals surface area (Å²) >= 11 is 0. The second-order valence-electron chi connectivity index (χ2n) is 6.53. The lowest BCUT2D eigenvalue weighted by atomic mass is 10.1. The second kappa shape index (κ2) is 9.40. The minimum atomic E-state index is -0.624. The number of hydrazone groups is 2. The molecule has 0 saturated heterocycles. The van der Waals surface area contributed by atoms with Crippen molar-refractivity contribution >= 4 is 23.2 Å². The number of nitrogens with zero attached hydrogens (tertiary/aromatic N) is 2. The van der Waals surface area contributed by atoms with Gasteiger partial charge in [0.25, 0.3) is 0 Å². The van der Waals surface area contributed by atoms with Crippen LogP contribution in [0.3, 0.4) is 0 Å². The van der Waals surface area contributed by atoms with Crippen LogP contribution in [0.15, 0.2) is 75.3 Å². The zero-order valence-corrected chi connectivity index (χ0v) is 16.8. The highest BCUT2D eigenvalue weighted by Crippen LogP contribution is 2.12. The summed E-state index contributed by atoms with van der Waals surface area (Å²) < 4.78 is 5.29. The maximum Gasteiger partial charge on any atom is 0.307 e. The molecular weight excluding hydrogens is 400 g/mol.